The van der Waals surface area contributed by atoms with Gasteiger partial charge in [-0.25, -0.2) is 0 Å². The van der Waals surface area contributed by atoms with Crippen molar-refractivity contribution in [3.8, 4) is 6.07 Å². The van der Waals surface area contributed by atoms with E-state index in [0.717, 1.165) is 12.4 Å². The Kier molecular flexibility index (Phi) is 6.95. The maximum Gasteiger partial charge on any atom is 0.406 e. The average molecular weight is 478 g/mol. The summed E-state index contributed by atoms with van der Waals surface area (Å²) in [5, 5.41) is 30.9. The molecular formula is C22H19ClF3N5O2. The standard InChI is InChI=1S/C22H19ClF3N5O2/c23-14-5-12(8-27)6-15(7-14)30-20(32)18-16-3-1-2-4-17(16)21(33)31(11-22(24,25)26)19(18)13(9-28)10-29/h1-7,9-10,18-20,28,30,32H,11,29H2/b13-10+,28-9?/t18-,19+,20?/m0/s1. The van der Waals surface area contributed by atoms with Crippen molar-refractivity contribution in [2.45, 2.75) is 24.4 Å². The quantitative estimate of drug-likeness (QED) is 0.373. The van der Waals surface area contributed by atoms with Crippen LogP contribution in [0, 0.1) is 16.7 Å². The Labute approximate surface area is 192 Å². The Balaban J connectivity index is 2.15. The van der Waals surface area contributed by atoms with E-state index in [0.29, 0.717) is 4.90 Å². The number of carbonyl (C=O) groups is 1. The summed E-state index contributed by atoms with van der Waals surface area (Å²) in [6.07, 6.45) is -4.59. The van der Waals surface area contributed by atoms with Gasteiger partial charge in [-0.2, -0.15) is 18.4 Å². The molecule has 0 aromatic heterocycles. The van der Waals surface area contributed by atoms with Crippen LogP contribution >= 0.6 is 11.6 Å². The number of rotatable bonds is 6. The van der Waals surface area contributed by atoms with Crippen LogP contribution in [-0.4, -0.2) is 47.1 Å². The number of nitrogens with two attached hydrogens (primary N) is 1. The van der Waals surface area contributed by atoms with Crippen molar-refractivity contribution in [1.29, 1.82) is 10.7 Å². The van der Waals surface area contributed by atoms with Crippen LogP contribution in [0.4, 0.5) is 18.9 Å². The summed E-state index contributed by atoms with van der Waals surface area (Å²) in [4.78, 5) is 13.6. The van der Waals surface area contributed by atoms with E-state index in [4.69, 9.17) is 28.0 Å². The normalized spacial score (nSPS) is 19.5. The van der Waals surface area contributed by atoms with Gasteiger partial charge in [0.2, 0.25) is 0 Å². The SMILES string of the molecule is N#Cc1cc(Cl)cc(NC(O)[C@H]2c3ccccc3C(=O)N(CC(F)(F)F)[C@@H]2/C(C=N)=C/N)c1. The fraction of sp³-hybridized carbons (Fsp3) is 0.227. The summed E-state index contributed by atoms with van der Waals surface area (Å²) >= 11 is 6.01. The molecule has 3 atom stereocenters. The van der Waals surface area contributed by atoms with Crippen molar-refractivity contribution in [2.24, 2.45) is 5.73 Å². The van der Waals surface area contributed by atoms with E-state index in [9.17, 15) is 23.1 Å². The van der Waals surface area contributed by atoms with Gasteiger partial charge in [-0.15, -0.1) is 0 Å². The summed E-state index contributed by atoms with van der Waals surface area (Å²) in [5.41, 5.74) is 6.23. The number of anilines is 1. The van der Waals surface area contributed by atoms with E-state index in [1.165, 1.54) is 36.4 Å². The van der Waals surface area contributed by atoms with Gasteiger partial charge in [-0.1, -0.05) is 29.8 Å². The first-order valence-corrected chi connectivity index (χ1v) is 10.0. The van der Waals surface area contributed by atoms with Gasteiger partial charge in [0.05, 0.1) is 23.6 Å². The number of alkyl halides is 3. The highest BCUT2D eigenvalue weighted by Crippen LogP contribution is 2.40. The molecule has 1 aliphatic heterocycles. The first-order chi connectivity index (χ1) is 15.6. The summed E-state index contributed by atoms with van der Waals surface area (Å²) in [7, 11) is 0. The molecule has 5 N–H and O–H groups in total. The molecule has 11 heteroatoms. The largest absolute Gasteiger partial charge is 0.406 e. The molecule has 0 radical (unpaired) electrons. The van der Waals surface area contributed by atoms with E-state index in [1.807, 2.05) is 6.07 Å². The van der Waals surface area contributed by atoms with Crippen molar-refractivity contribution in [3.05, 3.63) is 76.0 Å². The highest BCUT2D eigenvalue weighted by atomic mass is 35.5. The Bertz CT molecular complexity index is 1150. The summed E-state index contributed by atoms with van der Waals surface area (Å²) < 4.78 is 40.2. The molecule has 1 unspecified atom stereocenters. The number of aliphatic hydroxyl groups is 1. The number of nitrogens with zero attached hydrogens (tertiary/aromatic N) is 2. The van der Waals surface area contributed by atoms with E-state index in [2.05, 4.69) is 5.32 Å². The molecule has 0 saturated heterocycles. The molecule has 2 aromatic carbocycles. The number of amides is 1. The molecular weight excluding hydrogens is 459 g/mol. The van der Waals surface area contributed by atoms with Gasteiger partial charge in [0.1, 0.15) is 12.8 Å². The van der Waals surface area contributed by atoms with Crippen molar-refractivity contribution < 1.29 is 23.1 Å². The number of benzene rings is 2. The number of nitriles is 1. The zero-order chi connectivity index (χ0) is 24.3. The lowest BCUT2D eigenvalue weighted by molar-refractivity contribution is -0.145. The summed E-state index contributed by atoms with van der Waals surface area (Å²) in [6.45, 7) is -1.60. The van der Waals surface area contributed by atoms with Crippen LogP contribution in [0.25, 0.3) is 0 Å². The molecule has 1 aliphatic rings. The number of hydrogen-bond donors (Lipinski definition) is 4. The molecule has 33 heavy (non-hydrogen) atoms. The van der Waals surface area contributed by atoms with E-state index in [-0.39, 0.29) is 33.0 Å². The van der Waals surface area contributed by atoms with E-state index in [1.54, 1.807) is 6.07 Å². The fourth-order valence-corrected chi connectivity index (χ4v) is 4.19. The van der Waals surface area contributed by atoms with Crippen LogP contribution in [0.1, 0.15) is 27.4 Å². The number of hydrogen-bond acceptors (Lipinski definition) is 6. The molecule has 0 saturated carbocycles. The first kappa shape index (κ1) is 24.1. The number of fused-ring (bicyclic) bond motifs is 1. The first-order valence-electron chi connectivity index (χ1n) is 9.63. The van der Waals surface area contributed by atoms with Crippen molar-refractivity contribution in [3.63, 3.8) is 0 Å². The highest BCUT2D eigenvalue weighted by molar-refractivity contribution is 6.31. The van der Waals surface area contributed by atoms with Crippen LogP contribution in [0.5, 0.6) is 0 Å². The topological polar surface area (TPSA) is 126 Å². The molecule has 0 bridgehead atoms. The van der Waals surface area contributed by atoms with Gasteiger partial charge in [-0.3, -0.25) is 4.79 Å². The number of aliphatic hydroxyl groups excluding tert-OH is 1. The molecule has 0 aliphatic carbocycles. The maximum atomic E-state index is 13.4. The highest BCUT2D eigenvalue weighted by Gasteiger charge is 2.48. The smallest absolute Gasteiger partial charge is 0.404 e. The third-order valence-electron chi connectivity index (χ3n) is 5.22. The van der Waals surface area contributed by atoms with Gasteiger partial charge in [-0.05, 0) is 29.8 Å². The molecule has 1 heterocycles. The molecule has 1 amide bonds. The van der Waals surface area contributed by atoms with Gasteiger partial charge in [0, 0.05) is 34.3 Å². The average Bonchev–Trinajstić information content (AvgIpc) is 2.75. The van der Waals surface area contributed by atoms with Crippen LogP contribution in [0.2, 0.25) is 5.02 Å². The minimum absolute atomic E-state index is 0.00555. The fourth-order valence-electron chi connectivity index (χ4n) is 3.95. The molecule has 2 aromatic rings. The third kappa shape index (κ3) is 5.10. The molecule has 0 fully saturated rings. The second-order valence-electron chi connectivity index (χ2n) is 7.35. The predicted octanol–water partition coefficient (Wildman–Crippen LogP) is 3.60. The molecule has 0 spiro atoms. The molecule has 7 nitrogen and oxygen atoms in total. The summed E-state index contributed by atoms with van der Waals surface area (Å²) in [6, 6.07) is 10.8. The predicted molar refractivity (Wildman–Crippen MR) is 117 cm³/mol. The van der Waals surface area contributed by atoms with Crippen LogP contribution in [0.15, 0.2) is 54.2 Å². The van der Waals surface area contributed by atoms with Crippen molar-refractivity contribution in [2.75, 3.05) is 11.9 Å². The number of nitrogens with one attached hydrogen (secondary N) is 2. The lowest BCUT2D eigenvalue weighted by Crippen LogP contribution is -2.56. The maximum absolute atomic E-state index is 13.4. The summed E-state index contributed by atoms with van der Waals surface area (Å²) in [5.74, 6) is -2.03. The van der Waals surface area contributed by atoms with Gasteiger partial charge in [0.15, 0.2) is 0 Å². The third-order valence-corrected chi connectivity index (χ3v) is 5.44. The van der Waals surface area contributed by atoms with Gasteiger partial charge in [0.25, 0.3) is 5.91 Å². The zero-order valence-corrected chi connectivity index (χ0v) is 17.7. The van der Waals surface area contributed by atoms with Gasteiger partial charge >= 0.3 is 6.18 Å². The minimum Gasteiger partial charge on any atom is -0.404 e. The van der Waals surface area contributed by atoms with Crippen LogP contribution in [-0.2, 0) is 0 Å². The monoisotopic (exact) mass is 477 g/mol. The van der Waals surface area contributed by atoms with Crippen LogP contribution in [0.3, 0.4) is 0 Å². The molecule has 3 rings (SSSR count). The lowest BCUT2D eigenvalue weighted by Gasteiger charge is -2.44. The number of halogens is 4. The Morgan fingerprint density at radius 3 is 2.67 bits per heavy atom. The zero-order valence-electron chi connectivity index (χ0n) is 17.0. The lowest BCUT2D eigenvalue weighted by atomic mass is 9.78. The Morgan fingerprint density at radius 1 is 1.36 bits per heavy atom. The minimum atomic E-state index is -4.74. The van der Waals surface area contributed by atoms with Gasteiger partial charge < -0.3 is 26.5 Å². The second kappa shape index (κ2) is 9.52. The Morgan fingerprint density at radius 2 is 2.06 bits per heavy atom. The van der Waals surface area contributed by atoms with Crippen molar-refractivity contribution >= 4 is 29.4 Å². The van der Waals surface area contributed by atoms with Crippen molar-refractivity contribution in [1.82, 2.24) is 4.90 Å². The van der Waals surface area contributed by atoms with E-state index < -0.39 is 36.8 Å². The van der Waals surface area contributed by atoms with E-state index >= 15 is 0 Å². The number of carbonyl (C=O) groups excluding carboxylic acids is 1. The van der Waals surface area contributed by atoms with Crippen LogP contribution < -0.4 is 11.1 Å². The Hall–Kier alpha value is -3.55. The second-order valence-corrected chi connectivity index (χ2v) is 7.78. The molecule has 172 valence electrons.